The average molecular weight is 250 g/mol. The minimum absolute atomic E-state index is 0.661. The van der Waals surface area contributed by atoms with Crippen molar-refractivity contribution < 1.29 is 4.74 Å². The van der Waals surface area contributed by atoms with Gasteiger partial charge in [-0.1, -0.05) is 0 Å². The molecule has 5 nitrogen and oxygen atoms in total. The van der Waals surface area contributed by atoms with Crippen molar-refractivity contribution in [1.82, 2.24) is 15.3 Å². The Labute approximate surface area is 109 Å². The van der Waals surface area contributed by atoms with Gasteiger partial charge in [0.2, 0.25) is 5.88 Å². The molecule has 100 valence electrons. The number of hydrogen-bond acceptors (Lipinski definition) is 5. The maximum Gasteiger partial charge on any atom is 0.221 e. The number of rotatable bonds is 4. The highest BCUT2D eigenvalue weighted by molar-refractivity contribution is 5.49. The molecule has 2 rings (SSSR count). The fraction of sp³-hybridized carbons (Fsp3) is 0.692. The Kier molecular flexibility index (Phi) is 4.36. The fourth-order valence-corrected chi connectivity index (χ4v) is 2.57. The summed E-state index contributed by atoms with van der Waals surface area (Å²) >= 11 is 0. The molecular formula is C13H22N4O. The Balaban J connectivity index is 2.05. The van der Waals surface area contributed by atoms with Gasteiger partial charge in [-0.15, -0.1) is 0 Å². The molecule has 1 aliphatic rings. The Bertz CT molecular complexity index is 391. The van der Waals surface area contributed by atoms with Crippen molar-refractivity contribution in [3.05, 3.63) is 11.9 Å². The summed E-state index contributed by atoms with van der Waals surface area (Å²) in [5, 5.41) is 3.44. The second-order valence-electron chi connectivity index (χ2n) is 4.92. The van der Waals surface area contributed by atoms with Crippen LogP contribution in [0.15, 0.2) is 6.33 Å². The normalized spacial score (nSPS) is 19.6. The zero-order valence-corrected chi connectivity index (χ0v) is 11.4. The smallest absolute Gasteiger partial charge is 0.221 e. The number of nitrogens with zero attached hydrogens (tertiary/aromatic N) is 3. The number of piperidine rings is 1. The molecule has 18 heavy (non-hydrogen) atoms. The van der Waals surface area contributed by atoms with E-state index in [1.54, 1.807) is 13.4 Å². The van der Waals surface area contributed by atoms with Crippen molar-refractivity contribution in [2.75, 3.05) is 38.7 Å². The molecule has 2 heterocycles. The van der Waals surface area contributed by atoms with Crippen LogP contribution in [-0.4, -0.2) is 43.8 Å². The molecule has 1 saturated heterocycles. The van der Waals surface area contributed by atoms with Gasteiger partial charge in [0.25, 0.3) is 0 Å². The molecule has 0 radical (unpaired) electrons. The lowest BCUT2D eigenvalue weighted by Crippen LogP contribution is -2.37. The summed E-state index contributed by atoms with van der Waals surface area (Å²) in [5.74, 6) is 2.32. The number of nitrogens with one attached hydrogen (secondary N) is 1. The van der Waals surface area contributed by atoms with Gasteiger partial charge in [0.15, 0.2) is 0 Å². The van der Waals surface area contributed by atoms with Crippen LogP contribution in [0.5, 0.6) is 5.88 Å². The maximum atomic E-state index is 5.24. The fourth-order valence-electron chi connectivity index (χ4n) is 2.57. The van der Waals surface area contributed by atoms with Gasteiger partial charge in [0.1, 0.15) is 12.1 Å². The van der Waals surface area contributed by atoms with Crippen molar-refractivity contribution in [2.45, 2.75) is 19.8 Å². The molecule has 0 amide bonds. The van der Waals surface area contributed by atoms with Crippen LogP contribution in [0, 0.1) is 12.8 Å². The average Bonchev–Trinajstić information content (AvgIpc) is 2.40. The highest BCUT2D eigenvalue weighted by Crippen LogP contribution is 2.24. The standard InChI is InChI=1S/C13H22N4O/c1-10-12(15-9-16-13(10)18-3)17(2)8-11-5-4-6-14-7-11/h9,11,14H,4-8H2,1-3H3. The van der Waals surface area contributed by atoms with E-state index in [4.69, 9.17) is 4.74 Å². The van der Waals surface area contributed by atoms with Gasteiger partial charge < -0.3 is 15.0 Å². The number of ether oxygens (including phenoxy) is 1. The van der Waals surface area contributed by atoms with E-state index in [0.29, 0.717) is 11.8 Å². The zero-order chi connectivity index (χ0) is 13.0. The minimum Gasteiger partial charge on any atom is -0.481 e. The maximum absolute atomic E-state index is 5.24. The quantitative estimate of drug-likeness (QED) is 0.871. The first-order valence-electron chi connectivity index (χ1n) is 6.49. The lowest BCUT2D eigenvalue weighted by molar-refractivity contribution is 0.378. The van der Waals surface area contributed by atoms with Gasteiger partial charge in [-0.2, -0.15) is 0 Å². The predicted octanol–water partition coefficient (Wildman–Crippen LogP) is 1.23. The van der Waals surface area contributed by atoms with Crippen molar-refractivity contribution in [2.24, 2.45) is 5.92 Å². The molecule has 1 aliphatic heterocycles. The van der Waals surface area contributed by atoms with Crippen LogP contribution in [0.3, 0.4) is 0 Å². The summed E-state index contributed by atoms with van der Waals surface area (Å²) in [4.78, 5) is 10.7. The summed E-state index contributed by atoms with van der Waals surface area (Å²) in [6.45, 7) is 5.28. The molecule has 0 aromatic carbocycles. The third-order valence-corrected chi connectivity index (χ3v) is 3.50. The van der Waals surface area contributed by atoms with Crippen molar-refractivity contribution in [3.8, 4) is 5.88 Å². The second kappa shape index (κ2) is 6.00. The largest absolute Gasteiger partial charge is 0.481 e. The van der Waals surface area contributed by atoms with Crippen LogP contribution in [0.1, 0.15) is 18.4 Å². The highest BCUT2D eigenvalue weighted by Gasteiger charge is 2.18. The molecule has 0 aliphatic carbocycles. The topological polar surface area (TPSA) is 50.3 Å². The van der Waals surface area contributed by atoms with Crippen LogP contribution in [0.4, 0.5) is 5.82 Å². The number of aromatic nitrogens is 2. The van der Waals surface area contributed by atoms with Gasteiger partial charge >= 0.3 is 0 Å². The van der Waals surface area contributed by atoms with Crippen molar-refractivity contribution in [1.29, 1.82) is 0 Å². The van der Waals surface area contributed by atoms with Gasteiger partial charge in [-0.25, -0.2) is 9.97 Å². The lowest BCUT2D eigenvalue weighted by atomic mass is 9.99. The molecule has 1 aromatic rings. The molecule has 5 heteroatoms. The Hall–Kier alpha value is -1.36. The Morgan fingerprint density at radius 3 is 3.00 bits per heavy atom. The molecule has 1 N–H and O–H groups in total. The summed E-state index contributed by atoms with van der Waals surface area (Å²) in [7, 11) is 3.73. The Morgan fingerprint density at radius 1 is 1.50 bits per heavy atom. The SMILES string of the molecule is COc1ncnc(N(C)CC2CCCNC2)c1C. The second-order valence-corrected chi connectivity index (χ2v) is 4.92. The van der Waals surface area contributed by atoms with Gasteiger partial charge in [0, 0.05) is 13.6 Å². The Morgan fingerprint density at radius 2 is 2.33 bits per heavy atom. The van der Waals surface area contributed by atoms with E-state index in [9.17, 15) is 0 Å². The number of methoxy groups -OCH3 is 1. The molecule has 1 unspecified atom stereocenters. The van der Waals surface area contributed by atoms with E-state index >= 15 is 0 Å². The van der Waals surface area contributed by atoms with E-state index in [0.717, 1.165) is 31.0 Å². The first-order chi connectivity index (χ1) is 8.72. The third-order valence-electron chi connectivity index (χ3n) is 3.50. The van der Waals surface area contributed by atoms with E-state index in [-0.39, 0.29) is 0 Å². The molecule has 1 aromatic heterocycles. The first kappa shape index (κ1) is 13.1. The monoisotopic (exact) mass is 250 g/mol. The summed E-state index contributed by atoms with van der Waals surface area (Å²) in [6, 6.07) is 0. The molecule has 0 bridgehead atoms. The van der Waals surface area contributed by atoms with Crippen LogP contribution in [0.2, 0.25) is 0 Å². The third kappa shape index (κ3) is 2.90. The van der Waals surface area contributed by atoms with Gasteiger partial charge in [-0.05, 0) is 38.8 Å². The van der Waals surface area contributed by atoms with Crippen LogP contribution >= 0.6 is 0 Å². The van der Waals surface area contributed by atoms with Crippen molar-refractivity contribution >= 4 is 5.82 Å². The van der Waals surface area contributed by atoms with Crippen molar-refractivity contribution in [3.63, 3.8) is 0 Å². The molecule has 1 fully saturated rings. The van der Waals surface area contributed by atoms with Gasteiger partial charge in [-0.3, -0.25) is 0 Å². The summed E-state index contributed by atoms with van der Waals surface area (Å²) < 4.78 is 5.24. The molecular weight excluding hydrogens is 228 g/mol. The lowest BCUT2D eigenvalue weighted by Gasteiger charge is -2.29. The minimum atomic E-state index is 0.661. The predicted molar refractivity (Wildman–Crippen MR) is 72.2 cm³/mol. The van der Waals surface area contributed by atoms with E-state index in [1.165, 1.54) is 12.8 Å². The number of hydrogen-bond donors (Lipinski definition) is 1. The van der Waals surface area contributed by atoms with E-state index < -0.39 is 0 Å². The van der Waals surface area contributed by atoms with Crippen LogP contribution in [-0.2, 0) is 0 Å². The number of anilines is 1. The van der Waals surface area contributed by atoms with Crippen LogP contribution < -0.4 is 15.0 Å². The van der Waals surface area contributed by atoms with Gasteiger partial charge in [0.05, 0.1) is 12.7 Å². The molecule has 1 atom stereocenters. The first-order valence-corrected chi connectivity index (χ1v) is 6.49. The molecule has 0 saturated carbocycles. The van der Waals surface area contributed by atoms with Crippen LogP contribution in [0.25, 0.3) is 0 Å². The zero-order valence-electron chi connectivity index (χ0n) is 11.4. The molecule has 0 spiro atoms. The summed E-state index contributed by atoms with van der Waals surface area (Å²) in [6.07, 6.45) is 4.12. The van der Waals surface area contributed by atoms with E-state index in [2.05, 4.69) is 27.2 Å². The van der Waals surface area contributed by atoms with E-state index in [1.807, 2.05) is 6.92 Å². The summed E-state index contributed by atoms with van der Waals surface area (Å²) in [5.41, 5.74) is 1.01. The highest BCUT2D eigenvalue weighted by atomic mass is 16.5.